The lowest BCUT2D eigenvalue weighted by atomic mass is 9.85. The highest BCUT2D eigenvalue weighted by molar-refractivity contribution is 6.37. The summed E-state index contributed by atoms with van der Waals surface area (Å²) in [7, 11) is 0. The fraction of sp³-hybridized carbons (Fsp3) is 0.404. The van der Waals surface area contributed by atoms with Crippen LogP contribution in [0.1, 0.15) is 169 Å². The normalized spacial score (nSPS) is 17.5. The van der Waals surface area contributed by atoms with E-state index in [9.17, 15) is 38.4 Å². The maximum absolute atomic E-state index is 14.4. The first-order chi connectivity index (χ1) is 28.9. The van der Waals surface area contributed by atoms with Gasteiger partial charge in [-0.2, -0.15) is 10.0 Å². The lowest BCUT2D eigenvalue weighted by molar-refractivity contribution is 0.00211. The van der Waals surface area contributed by atoms with Crippen LogP contribution in [-0.2, 0) is 4.74 Å². The molecule has 8 amide bonds. The number of rotatable bonds is 16. The van der Waals surface area contributed by atoms with Gasteiger partial charge in [-0.3, -0.25) is 48.2 Å². The molecule has 0 N–H and O–H groups in total. The Morgan fingerprint density at radius 3 is 1.27 bits per heavy atom. The van der Waals surface area contributed by atoms with Gasteiger partial charge in [0.25, 0.3) is 47.3 Å². The van der Waals surface area contributed by atoms with Crippen LogP contribution in [0.2, 0.25) is 0 Å². The van der Waals surface area contributed by atoms with E-state index in [0.29, 0.717) is 47.9 Å². The molecule has 4 heterocycles. The van der Waals surface area contributed by atoms with Gasteiger partial charge in [0.1, 0.15) is 0 Å². The second-order valence-electron chi connectivity index (χ2n) is 16.5. The Labute approximate surface area is 347 Å². The van der Waals surface area contributed by atoms with E-state index >= 15 is 0 Å². The molecule has 13 heteroatoms. The van der Waals surface area contributed by atoms with E-state index in [1.54, 1.807) is 0 Å². The highest BCUT2D eigenvalue weighted by Gasteiger charge is 2.48. The number of hydrogen-bond acceptors (Lipinski definition) is 9. The van der Waals surface area contributed by atoms with Gasteiger partial charge in [0, 0.05) is 69.6 Å². The molecule has 0 saturated carbocycles. The second kappa shape index (κ2) is 15.8. The first-order valence-corrected chi connectivity index (χ1v) is 21.1. The third-order valence-electron chi connectivity index (χ3n) is 12.8. The van der Waals surface area contributed by atoms with E-state index < -0.39 is 53.3 Å². The molecule has 0 bridgehead atoms. The molecule has 8 rings (SSSR count). The number of imide groups is 4. The van der Waals surface area contributed by atoms with E-state index in [4.69, 9.17) is 4.74 Å². The van der Waals surface area contributed by atoms with Gasteiger partial charge in [-0.05, 0) is 93.0 Å². The van der Waals surface area contributed by atoms with Crippen LogP contribution in [-0.4, -0.2) is 92.9 Å². The molecule has 4 aliphatic heterocycles. The number of nitrogens with zero attached hydrogens (tertiary/aromatic N) is 4. The van der Waals surface area contributed by atoms with Crippen molar-refractivity contribution in [3.05, 3.63) is 93.0 Å². The number of hydrazine groups is 1. The molecule has 3 atom stereocenters. The first kappa shape index (κ1) is 40.7. The molecule has 4 aliphatic rings. The van der Waals surface area contributed by atoms with E-state index in [2.05, 4.69) is 27.7 Å². The molecule has 0 aromatic heterocycles. The second-order valence-corrected chi connectivity index (χ2v) is 16.5. The van der Waals surface area contributed by atoms with Crippen molar-refractivity contribution in [1.82, 2.24) is 19.8 Å². The molecule has 13 nitrogen and oxygen atoms in total. The number of carbonyl (C=O) groups is 8. The topological polar surface area (TPSA) is 159 Å². The Bertz CT molecular complexity index is 2440. The number of benzene rings is 4. The molecule has 0 spiro atoms. The fourth-order valence-electron chi connectivity index (χ4n) is 9.09. The molecular formula is C47H48N4O9. The summed E-state index contributed by atoms with van der Waals surface area (Å²) in [6.07, 6.45) is 7.19. The summed E-state index contributed by atoms with van der Waals surface area (Å²) < 4.78 is 5.91. The smallest absolute Gasteiger partial charge is 0.281 e. The zero-order chi connectivity index (χ0) is 42.7. The van der Waals surface area contributed by atoms with Crippen LogP contribution < -0.4 is 0 Å². The maximum atomic E-state index is 14.4. The first-order valence-electron chi connectivity index (χ1n) is 21.1. The minimum absolute atomic E-state index is 0.0657. The van der Waals surface area contributed by atoms with Crippen molar-refractivity contribution < 1.29 is 43.1 Å². The minimum Gasteiger partial charge on any atom is -0.381 e. The van der Waals surface area contributed by atoms with E-state index in [1.165, 1.54) is 53.4 Å². The number of unbranched alkanes of at least 4 members (excludes halogenated alkanes) is 1. The van der Waals surface area contributed by atoms with Crippen molar-refractivity contribution in [2.75, 3.05) is 19.8 Å². The number of carbonyl (C=O) groups excluding carboxylic acids is 8. The van der Waals surface area contributed by atoms with Crippen molar-refractivity contribution in [2.24, 2.45) is 11.8 Å². The molecule has 310 valence electrons. The van der Waals surface area contributed by atoms with Crippen LogP contribution in [0.25, 0.3) is 21.5 Å². The predicted molar refractivity (Wildman–Crippen MR) is 222 cm³/mol. The van der Waals surface area contributed by atoms with Gasteiger partial charge >= 0.3 is 0 Å². The minimum atomic E-state index is -0.997. The number of ether oxygens (including phenoxy) is 1. The summed E-state index contributed by atoms with van der Waals surface area (Å²) in [5.74, 6) is -5.29. The number of hydrogen-bond donors (Lipinski definition) is 0. The summed E-state index contributed by atoms with van der Waals surface area (Å²) in [5.41, 5.74) is 0.371. The molecule has 0 radical (unpaired) electrons. The van der Waals surface area contributed by atoms with Gasteiger partial charge in [0.15, 0.2) is 0 Å². The monoisotopic (exact) mass is 812 g/mol. The summed E-state index contributed by atoms with van der Waals surface area (Å²) in [6.45, 7) is 11.4. The van der Waals surface area contributed by atoms with Crippen molar-refractivity contribution in [3.8, 4) is 0 Å². The van der Waals surface area contributed by atoms with Crippen LogP contribution in [0, 0.1) is 11.8 Å². The van der Waals surface area contributed by atoms with Crippen molar-refractivity contribution in [1.29, 1.82) is 0 Å². The lowest BCUT2D eigenvalue weighted by Crippen LogP contribution is -2.58. The third-order valence-corrected chi connectivity index (χ3v) is 12.8. The molecule has 0 saturated heterocycles. The molecule has 4 aromatic rings. The van der Waals surface area contributed by atoms with Crippen molar-refractivity contribution in [2.45, 2.75) is 92.0 Å². The van der Waals surface area contributed by atoms with Gasteiger partial charge < -0.3 is 4.74 Å². The molecule has 0 aliphatic carbocycles. The Morgan fingerprint density at radius 2 is 0.883 bits per heavy atom. The molecule has 4 aromatic carbocycles. The lowest BCUT2D eigenvalue weighted by Gasteiger charge is -2.38. The summed E-state index contributed by atoms with van der Waals surface area (Å²) in [5, 5.41) is 1.52. The molecule has 60 heavy (non-hydrogen) atoms. The van der Waals surface area contributed by atoms with Crippen molar-refractivity contribution in [3.63, 3.8) is 0 Å². The van der Waals surface area contributed by atoms with Crippen LogP contribution in [0.3, 0.4) is 0 Å². The zero-order valence-corrected chi connectivity index (χ0v) is 34.6. The summed E-state index contributed by atoms with van der Waals surface area (Å²) in [6, 6.07) is 10.8. The van der Waals surface area contributed by atoms with E-state index in [-0.39, 0.29) is 72.6 Å². The van der Waals surface area contributed by atoms with Crippen molar-refractivity contribution >= 4 is 68.8 Å². The quantitative estimate of drug-likeness (QED) is 0.0812. The summed E-state index contributed by atoms with van der Waals surface area (Å²) >= 11 is 0. The Kier molecular flexibility index (Phi) is 10.7. The molecule has 3 unspecified atom stereocenters. The SMILES string of the molecule is CCCCC(CC)COCCCN1C(=O)c2ccc3c4c(ccc(c24)C1=O)C(=O)N(N1C(=O)c2ccc4c5c(ccc(c25)C1=O)C(=O)N(C(C)CCC(C)CC)C4=O)C3=O. The summed E-state index contributed by atoms with van der Waals surface area (Å²) in [4.78, 5) is 115. The predicted octanol–water partition coefficient (Wildman–Crippen LogP) is 7.83. The van der Waals surface area contributed by atoms with Crippen LogP contribution in [0.15, 0.2) is 48.5 Å². The van der Waals surface area contributed by atoms with Gasteiger partial charge in [-0.25, -0.2) is 0 Å². The standard InChI is InChI=1S/C47H48N4O9/c1-6-9-11-27(8-3)24-60-23-10-22-48-40(52)28-14-18-32-38-33(19-15-29(36(28)38)41(48)53)45(57)50(44(32)56)51-46(58)34-20-16-30-37-31(17-21-35(39(34)37)47(51)59)43(55)49(42(30)54)26(5)13-12-25(4)7-2/h14-21,25-27H,6-13,22-24H2,1-5H3. The Morgan fingerprint density at radius 1 is 0.483 bits per heavy atom. The Hall–Kier alpha value is -6.08. The van der Waals surface area contributed by atoms with Crippen LogP contribution >= 0.6 is 0 Å². The molecular weight excluding hydrogens is 765 g/mol. The van der Waals surface area contributed by atoms with Gasteiger partial charge in [0.2, 0.25) is 0 Å². The van der Waals surface area contributed by atoms with Gasteiger partial charge in [0.05, 0.1) is 22.3 Å². The average Bonchev–Trinajstić information content (AvgIpc) is 3.25. The Balaban J connectivity index is 1.07. The van der Waals surface area contributed by atoms with Crippen LogP contribution in [0.4, 0.5) is 0 Å². The van der Waals surface area contributed by atoms with Crippen LogP contribution in [0.5, 0.6) is 0 Å². The van der Waals surface area contributed by atoms with E-state index in [0.717, 1.165) is 43.4 Å². The zero-order valence-electron chi connectivity index (χ0n) is 34.6. The maximum Gasteiger partial charge on any atom is 0.281 e. The van der Waals surface area contributed by atoms with Gasteiger partial charge in [-0.1, -0.05) is 53.4 Å². The molecule has 0 fully saturated rings. The van der Waals surface area contributed by atoms with E-state index in [1.807, 2.05) is 6.92 Å². The fourth-order valence-corrected chi connectivity index (χ4v) is 9.09. The average molecular weight is 813 g/mol. The highest BCUT2D eigenvalue weighted by Crippen LogP contribution is 2.42. The van der Waals surface area contributed by atoms with Gasteiger partial charge in [-0.15, -0.1) is 0 Å². The largest absolute Gasteiger partial charge is 0.381 e. The third kappa shape index (κ3) is 6.24. The number of amides is 8. The highest BCUT2D eigenvalue weighted by atomic mass is 16.5.